The number of hydrogen-bond donors (Lipinski definition) is 1. The number of sulfonamides is 1. The van der Waals surface area contributed by atoms with Gasteiger partial charge >= 0.3 is 0 Å². The SMILES string of the molecule is COc1ccc(CCNC(=O)C2CCN(S(=O)(=O)Cc3ccc(Cl)cc3)CC2)cc1. The minimum absolute atomic E-state index is 0.00161. The Morgan fingerprint density at radius 3 is 2.27 bits per heavy atom. The lowest BCUT2D eigenvalue weighted by atomic mass is 9.97. The van der Waals surface area contributed by atoms with Gasteiger partial charge in [0.15, 0.2) is 0 Å². The van der Waals surface area contributed by atoms with Crippen LogP contribution in [0.1, 0.15) is 24.0 Å². The third kappa shape index (κ3) is 6.20. The Morgan fingerprint density at radius 2 is 1.67 bits per heavy atom. The van der Waals surface area contributed by atoms with Crippen LogP contribution in [0.2, 0.25) is 5.02 Å². The molecule has 8 heteroatoms. The fourth-order valence-electron chi connectivity index (χ4n) is 3.55. The van der Waals surface area contributed by atoms with E-state index in [0.717, 1.165) is 17.7 Å². The van der Waals surface area contributed by atoms with Crippen LogP contribution >= 0.6 is 11.6 Å². The summed E-state index contributed by atoms with van der Waals surface area (Å²) in [7, 11) is -1.78. The number of carbonyl (C=O) groups is 1. The lowest BCUT2D eigenvalue weighted by molar-refractivity contribution is -0.126. The van der Waals surface area contributed by atoms with Crippen molar-refractivity contribution in [1.82, 2.24) is 9.62 Å². The predicted molar refractivity (Wildman–Crippen MR) is 118 cm³/mol. The lowest BCUT2D eigenvalue weighted by Gasteiger charge is -2.30. The van der Waals surface area contributed by atoms with Gasteiger partial charge in [0.25, 0.3) is 0 Å². The molecule has 0 aliphatic carbocycles. The molecule has 0 aromatic heterocycles. The first-order chi connectivity index (χ1) is 14.4. The molecule has 1 N–H and O–H groups in total. The maximum absolute atomic E-state index is 12.7. The Balaban J connectivity index is 1.43. The van der Waals surface area contributed by atoms with Crippen LogP contribution in [-0.2, 0) is 27.0 Å². The van der Waals surface area contributed by atoms with Gasteiger partial charge in [0.1, 0.15) is 5.75 Å². The molecular formula is C22H27ClN2O4S. The summed E-state index contributed by atoms with van der Waals surface area (Å²) in [6, 6.07) is 14.6. The maximum atomic E-state index is 12.7. The molecule has 2 aromatic carbocycles. The number of nitrogens with one attached hydrogen (secondary N) is 1. The fourth-order valence-corrected chi connectivity index (χ4v) is 5.23. The molecule has 2 aromatic rings. The number of halogens is 1. The number of nitrogens with zero attached hydrogens (tertiary/aromatic N) is 1. The van der Waals surface area contributed by atoms with E-state index in [1.807, 2.05) is 24.3 Å². The van der Waals surface area contributed by atoms with Crippen molar-refractivity contribution in [2.45, 2.75) is 25.0 Å². The highest BCUT2D eigenvalue weighted by atomic mass is 35.5. The number of hydrogen-bond acceptors (Lipinski definition) is 4. The van der Waals surface area contributed by atoms with Crippen molar-refractivity contribution in [1.29, 1.82) is 0 Å². The van der Waals surface area contributed by atoms with E-state index in [1.54, 1.807) is 31.4 Å². The molecule has 162 valence electrons. The van der Waals surface area contributed by atoms with Crippen molar-refractivity contribution < 1.29 is 17.9 Å². The quantitative estimate of drug-likeness (QED) is 0.669. The van der Waals surface area contributed by atoms with Gasteiger partial charge in [-0.25, -0.2) is 12.7 Å². The van der Waals surface area contributed by atoms with Gasteiger partial charge in [-0.05, 0) is 54.7 Å². The number of ether oxygens (including phenoxy) is 1. The van der Waals surface area contributed by atoms with Crippen molar-refractivity contribution in [2.24, 2.45) is 5.92 Å². The molecule has 0 unspecified atom stereocenters. The van der Waals surface area contributed by atoms with Crippen molar-refractivity contribution in [2.75, 3.05) is 26.7 Å². The van der Waals surface area contributed by atoms with Crippen LogP contribution < -0.4 is 10.1 Å². The van der Waals surface area contributed by atoms with Crippen LogP contribution in [-0.4, -0.2) is 45.4 Å². The Labute approximate surface area is 183 Å². The van der Waals surface area contributed by atoms with Crippen molar-refractivity contribution in [3.05, 3.63) is 64.7 Å². The molecule has 1 saturated heterocycles. The van der Waals surface area contributed by atoms with Gasteiger partial charge in [-0.15, -0.1) is 0 Å². The molecule has 1 heterocycles. The van der Waals surface area contributed by atoms with Crippen LogP contribution in [0.5, 0.6) is 5.75 Å². The zero-order valence-corrected chi connectivity index (χ0v) is 18.6. The summed E-state index contributed by atoms with van der Waals surface area (Å²) in [5.41, 5.74) is 1.83. The fraction of sp³-hybridized carbons (Fsp3) is 0.409. The van der Waals surface area contributed by atoms with Crippen LogP contribution in [0.25, 0.3) is 0 Å². The van der Waals surface area contributed by atoms with Crippen LogP contribution in [0.4, 0.5) is 0 Å². The molecule has 3 rings (SSSR count). The van der Waals surface area contributed by atoms with E-state index >= 15 is 0 Å². The van der Waals surface area contributed by atoms with Gasteiger partial charge in [-0.2, -0.15) is 0 Å². The highest BCUT2D eigenvalue weighted by Gasteiger charge is 2.31. The van der Waals surface area contributed by atoms with E-state index in [9.17, 15) is 13.2 Å². The molecule has 1 fully saturated rings. The molecule has 0 radical (unpaired) electrons. The molecule has 30 heavy (non-hydrogen) atoms. The minimum atomic E-state index is -3.41. The third-order valence-corrected chi connectivity index (χ3v) is 7.45. The Morgan fingerprint density at radius 1 is 1.07 bits per heavy atom. The molecule has 1 aliphatic rings. The second-order valence-electron chi connectivity index (χ2n) is 7.45. The minimum Gasteiger partial charge on any atom is -0.497 e. The highest BCUT2D eigenvalue weighted by molar-refractivity contribution is 7.88. The van der Waals surface area contributed by atoms with Gasteiger partial charge in [-0.1, -0.05) is 35.9 Å². The second kappa shape index (κ2) is 10.3. The summed E-state index contributed by atoms with van der Waals surface area (Å²) in [5.74, 6) is 0.602. The summed E-state index contributed by atoms with van der Waals surface area (Å²) < 4.78 is 32.0. The first-order valence-electron chi connectivity index (χ1n) is 10.0. The normalized spacial score (nSPS) is 15.7. The predicted octanol–water partition coefficient (Wildman–Crippen LogP) is 3.25. The summed E-state index contributed by atoms with van der Waals surface area (Å²) >= 11 is 5.86. The molecular weight excluding hydrogens is 424 g/mol. The summed E-state index contributed by atoms with van der Waals surface area (Å²) in [6.45, 7) is 1.29. The zero-order chi connectivity index (χ0) is 21.6. The Bertz CT molecular complexity index is 938. The maximum Gasteiger partial charge on any atom is 0.223 e. The van der Waals surface area contributed by atoms with Gasteiger partial charge in [-0.3, -0.25) is 4.79 Å². The number of amides is 1. The number of carbonyl (C=O) groups excluding carboxylic acids is 1. The number of piperidine rings is 1. The van der Waals surface area contributed by atoms with E-state index in [4.69, 9.17) is 16.3 Å². The molecule has 1 aliphatic heterocycles. The Hall–Kier alpha value is -2.09. The zero-order valence-electron chi connectivity index (χ0n) is 17.0. The first-order valence-corrected chi connectivity index (χ1v) is 12.0. The molecule has 0 spiro atoms. The number of benzene rings is 2. The molecule has 0 saturated carbocycles. The van der Waals surface area contributed by atoms with Crippen LogP contribution in [0.15, 0.2) is 48.5 Å². The van der Waals surface area contributed by atoms with Gasteiger partial charge < -0.3 is 10.1 Å². The monoisotopic (exact) mass is 450 g/mol. The smallest absolute Gasteiger partial charge is 0.223 e. The van der Waals surface area contributed by atoms with E-state index in [-0.39, 0.29) is 17.6 Å². The average Bonchev–Trinajstić information content (AvgIpc) is 2.76. The van der Waals surface area contributed by atoms with E-state index in [2.05, 4.69) is 5.32 Å². The Kier molecular flexibility index (Phi) is 7.75. The second-order valence-corrected chi connectivity index (χ2v) is 9.85. The summed E-state index contributed by atoms with van der Waals surface area (Å²) in [5, 5.41) is 3.56. The van der Waals surface area contributed by atoms with Crippen LogP contribution in [0.3, 0.4) is 0 Å². The molecule has 1 amide bonds. The van der Waals surface area contributed by atoms with Crippen molar-refractivity contribution in [3.63, 3.8) is 0 Å². The first kappa shape index (κ1) is 22.6. The third-order valence-electron chi connectivity index (χ3n) is 5.35. The molecule has 0 bridgehead atoms. The van der Waals surface area contributed by atoms with Crippen LogP contribution in [0, 0.1) is 5.92 Å². The van der Waals surface area contributed by atoms with Gasteiger partial charge in [0, 0.05) is 30.6 Å². The molecule has 0 atom stereocenters. The average molecular weight is 451 g/mol. The molecule has 6 nitrogen and oxygen atoms in total. The van der Waals surface area contributed by atoms with E-state index < -0.39 is 10.0 Å². The van der Waals surface area contributed by atoms with E-state index in [1.165, 1.54) is 4.31 Å². The summed E-state index contributed by atoms with van der Waals surface area (Å²) in [4.78, 5) is 12.5. The number of methoxy groups -OCH3 is 1. The van der Waals surface area contributed by atoms with E-state index in [0.29, 0.717) is 43.1 Å². The van der Waals surface area contributed by atoms with Crippen molar-refractivity contribution in [3.8, 4) is 5.75 Å². The highest BCUT2D eigenvalue weighted by Crippen LogP contribution is 2.22. The van der Waals surface area contributed by atoms with Crippen molar-refractivity contribution >= 4 is 27.5 Å². The topological polar surface area (TPSA) is 75.7 Å². The lowest BCUT2D eigenvalue weighted by Crippen LogP contribution is -2.43. The summed E-state index contributed by atoms with van der Waals surface area (Å²) in [6.07, 6.45) is 1.81. The van der Waals surface area contributed by atoms with Gasteiger partial charge in [0.2, 0.25) is 15.9 Å². The number of rotatable bonds is 8. The largest absolute Gasteiger partial charge is 0.497 e. The standard InChI is InChI=1S/C22H27ClN2O4S/c1-29-21-8-4-17(5-9-21)10-13-24-22(26)19-11-14-25(15-12-19)30(27,28)16-18-2-6-20(23)7-3-18/h2-9,19H,10-16H2,1H3,(H,24,26). The van der Waals surface area contributed by atoms with Gasteiger partial charge in [0.05, 0.1) is 12.9 Å².